The van der Waals surface area contributed by atoms with E-state index in [4.69, 9.17) is 10.8 Å². The minimum Gasteiger partial charge on any atom is -0.480 e. The first-order valence-corrected chi connectivity index (χ1v) is 7.15. The Hall–Kier alpha value is -2.59. The number of rotatable bonds is 4. The highest BCUT2D eigenvalue weighted by Gasteiger charge is 2.27. The second-order valence-corrected chi connectivity index (χ2v) is 5.81. The number of aromatic nitrogens is 1. The lowest BCUT2D eigenvalue weighted by Gasteiger charge is -2.19. The van der Waals surface area contributed by atoms with Crippen molar-refractivity contribution in [3.8, 4) is 5.69 Å². The van der Waals surface area contributed by atoms with E-state index >= 15 is 0 Å². The number of fused-ring (bicyclic) bond motifs is 1. The molecule has 0 amide bonds. The molecule has 3 aromatic rings. The monoisotopic (exact) mass is 294 g/mol. The van der Waals surface area contributed by atoms with E-state index in [-0.39, 0.29) is 0 Å². The molecule has 0 saturated carbocycles. The van der Waals surface area contributed by atoms with Gasteiger partial charge in [0.2, 0.25) is 0 Å². The highest BCUT2D eigenvalue weighted by Crippen LogP contribution is 2.21. The van der Waals surface area contributed by atoms with Crippen LogP contribution in [0.1, 0.15) is 12.5 Å². The first-order valence-electron chi connectivity index (χ1n) is 7.15. The van der Waals surface area contributed by atoms with E-state index in [2.05, 4.69) is 22.8 Å². The third-order valence-electron chi connectivity index (χ3n) is 3.87. The van der Waals surface area contributed by atoms with Crippen LogP contribution >= 0.6 is 0 Å². The lowest BCUT2D eigenvalue weighted by molar-refractivity contribution is -0.142. The minimum atomic E-state index is -1.25. The number of para-hydroxylation sites is 1. The summed E-state index contributed by atoms with van der Waals surface area (Å²) in [6, 6.07) is 18.1. The molecule has 22 heavy (non-hydrogen) atoms. The molecular weight excluding hydrogens is 276 g/mol. The molecule has 0 aliphatic heterocycles. The molecule has 2 aromatic carbocycles. The zero-order valence-electron chi connectivity index (χ0n) is 12.4. The third kappa shape index (κ3) is 2.61. The van der Waals surface area contributed by atoms with Gasteiger partial charge in [0.05, 0.1) is 5.52 Å². The van der Waals surface area contributed by atoms with Gasteiger partial charge in [0.25, 0.3) is 0 Å². The van der Waals surface area contributed by atoms with Gasteiger partial charge in [0.1, 0.15) is 5.54 Å². The zero-order chi connectivity index (χ0) is 15.7. The molecule has 1 aromatic heterocycles. The Morgan fingerprint density at radius 1 is 1.14 bits per heavy atom. The molecule has 112 valence electrons. The van der Waals surface area contributed by atoms with Crippen molar-refractivity contribution in [1.82, 2.24) is 4.57 Å². The second kappa shape index (κ2) is 5.31. The second-order valence-electron chi connectivity index (χ2n) is 5.81. The molecule has 1 heterocycles. The molecule has 1 unspecified atom stereocenters. The summed E-state index contributed by atoms with van der Waals surface area (Å²) in [5, 5.41) is 10.3. The van der Waals surface area contributed by atoms with Crippen LogP contribution < -0.4 is 5.73 Å². The Morgan fingerprint density at radius 2 is 1.82 bits per heavy atom. The smallest absolute Gasteiger partial charge is 0.323 e. The maximum absolute atomic E-state index is 11.1. The lowest BCUT2D eigenvalue weighted by Crippen LogP contribution is -2.46. The first kappa shape index (κ1) is 14.4. The number of carboxylic acids is 1. The average molecular weight is 294 g/mol. The Morgan fingerprint density at radius 3 is 2.50 bits per heavy atom. The van der Waals surface area contributed by atoms with Crippen LogP contribution in [0.25, 0.3) is 16.6 Å². The number of nitrogens with zero attached hydrogens (tertiary/aromatic N) is 1. The Kier molecular flexibility index (Phi) is 3.47. The van der Waals surface area contributed by atoms with Crippen molar-refractivity contribution in [3.63, 3.8) is 0 Å². The van der Waals surface area contributed by atoms with Gasteiger partial charge in [-0.05, 0) is 42.1 Å². The number of carboxylic acid groups (broad SMARTS) is 1. The Balaban J connectivity index is 1.90. The summed E-state index contributed by atoms with van der Waals surface area (Å²) < 4.78 is 2.11. The first-order chi connectivity index (χ1) is 10.5. The highest BCUT2D eigenvalue weighted by molar-refractivity contribution is 5.82. The number of benzene rings is 2. The van der Waals surface area contributed by atoms with E-state index in [1.54, 1.807) is 0 Å². The van der Waals surface area contributed by atoms with Gasteiger partial charge in [0, 0.05) is 18.3 Å². The molecule has 0 bridgehead atoms. The molecule has 0 radical (unpaired) electrons. The van der Waals surface area contributed by atoms with E-state index in [1.165, 1.54) is 12.3 Å². The summed E-state index contributed by atoms with van der Waals surface area (Å²) in [6.45, 7) is 1.53. The molecule has 4 nitrogen and oxygen atoms in total. The van der Waals surface area contributed by atoms with Crippen molar-refractivity contribution in [1.29, 1.82) is 0 Å². The Labute approximate surface area is 128 Å². The number of nitrogens with two attached hydrogens (primary N) is 1. The number of hydrogen-bond acceptors (Lipinski definition) is 2. The summed E-state index contributed by atoms with van der Waals surface area (Å²) >= 11 is 0. The fourth-order valence-electron chi connectivity index (χ4n) is 2.58. The molecule has 4 heteroatoms. The number of carbonyl (C=O) groups is 1. The quantitative estimate of drug-likeness (QED) is 0.777. The largest absolute Gasteiger partial charge is 0.480 e. The fraction of sp³-hybridized carbons (Fsp3) is 0.167. The minimum absolute atomic E-state index is 0.301. The average Bonchev–Trinajstić information content (AvgIpc) is 2.91. The normalized spacial score (nSPS) is 13.9. The van der Waals surface area contributed by atoms with Gasteiger partial charge in [-0.15, -0.1) is 0 Å². The molecular formula is C18H18N2O2. The Bertz CT molecular complexity index is 816. The van der Waals surface area contributed by atoms with Crippen molar-refractivity contribution in [2.24, 2.45) is 5.73 Å². The van der Waals surface area contributed by atoms with E-state index in [1.807, 2.05) is 42.6 Å². The maximum Gasteiger partial charge on any atom is 0.323 e. The van der Waals surface area contributed by atoms with Gasteiger partial charge >= 0.3 is 5.97 Å². The van der Waals surface area contributed by atoms with Crippen molar-refractivity contribution in [2.75, 3.05) is 0 Å². The van der Waals surface area contributed by atoms with Crippen molar-refractivity contribution < 1.29 is 9.90 Å². The molecule has 1 atom stereocenters. The summed E-state index contributed by atoms with van der Waals surface area (Å²) in [5.41, 5.74) is 7.64. The van der Waals surface area contributed by atoms with E-state index in [0.717, 1.165) is 16.8 Å². The molecule has 0 aliphatic rings. The van der Waals surface area contributed by atoms with Gasteiger partial charge in [-0.3, -0.25) is 4.79 Å². The van der Waals surface area contributed by atoms with Crippen molar-refractivity contribution in [2.45, 2.75) is 18.9 Å². The summed E-state index contributed by atoms with van der Waals surface area (Å²) in [7, 11) is 0. The summed E-state index contributed by atoms with van der Waals surface area (Å²) in [4.78, 5) is 11.1. The van der Waals surface area contributed by atoms with Gasteiger partial charge in [-0.2, -0.15) is 0 Å². The van der Waals surface area contributed by atoms with Crippen LogP contribution in [-0.2, 0) is 11.2 Å². The van der Waals surface area contributed by atoms with Crippen LogP contribution in [0.5, 0.6) is 0 Å². The van der Waals surface area contributed by atoms with Crippen molar-refractivity contribution >= 4 is 16.9 Å². The topological polar surface area (TPSA) is 68.2 Å². The molecule has 0 spiro atoms. The molecule has 0 aliphatic carbocycles. The van der Waals surface area contributed by atoms with Crippen LogP contribution in [0.2, 0.25) is 0 Å². The van der Waals surface area contributed by atoms with E-state index < -0.39 is 11.5 Å². The third-order valence-corrected chi connectivity index (χ3v) is 3.87. The summed E-state index contributed by atoms with van der Waals surface area (Å²) in [6.07, 6.45) is 2.33. The van der Waals surface area contributed by atoms with Crippen LogP contribution in [0.15, 0.2) is 60.8 Å². The number of aliphatic carboxylic acids is 1. The van der Waals surface area contributed by atoms with Gasteiger partial charge < -0.3 is 15.4 Å². The van der Waals surface area contributed by atoms with E-state index in [9.17, 15) is 4.79 Å². The highest BCUT2D eigenvalue weighted by atomic mass is 16.4. The SMILES string of the molecule is CC(N)(Cc1ccc(-n2ccc3ccccc32)cc1)C(=O)O. The standard InChI is InChI=1S/C18H18N2O2/c1-18(19,17(21)22)12-13-6-8-15(9-7-13)20-11-10-14-4-2-3-5-16(14)20/h2-11H,12,19H2,1H3,(H,21,22). The van der Waals surface area contributed by atoms with Gasteiger partial charge in [-0.25, -0.2) is 0 Å². The lowest BCUT2D eigenvalue weighted by atomic mass is 9.94. The van der Waals surface area contributed by atoms with Crippen LogP contribution in [0.4, 0.5) is 0 Å². The molecule has 3 N–H and O–H groups in total. The van der Waals surface area contributed by atoms with Crippen molar-refractivity contribution in [3.05, 3.63) is 66.4 Å². The van der Waals surface area contributed by atoms with Gasteiger partial charge in [0.15, 0.2) is 0 Å². The predicted octanol–water partition coefficient (Wildman–Crippen LogP) is 2.98. The van der Waals surface area contributed by atoms with E-state index in [0.29, 0.717) is 6.42 Å². The number of hydrogen-bond donors (Lipinski definition) is 2. The van der Waals surface area contributed by atoms with Crippen LogP contribution in [-0.4, -0.2) is 21.2 Å². The predicted molar refractivity (Wildman–Crippen MR) is 87.2 cm³/mol. The fourth-order valence-corrected chi connectivity index (χ4v) is 2.58. The maximum atomic E-state index is 11.1. The summed E-state index contributed by atoms with van der Waals surface area (Å²) in [5.74, 6) is -0.993. The van der Waals surface area contributed by atoms with Gasteiger partial charge in [-0.1, -0.05) is 30.3 Å². The zero-order valence-corrected chi connectivity index (χ0v) is 12.4. The molecule has 0 saturated heterocycles. The molecule has 0 fully saturated rings. The van der Waals surface area contributed by atoms with Crippen LogP contribution in [0.3, 0.4) is 0 Å². The van der Waals surface area contributed by atoms with Crippen LogP contribution in [0, 0.1) is 0 Å². The molecule has 3 rings (SSSR count).